The van der Waals surface area contributed by atoms with Crippen LogP contribution >= 0.6 is 0 Å². The molecule has 3 aromatic heterocycles. The number of nitrogens with zero attached hydrogens (tertiary/aromatic N) is 6. The summed E-state index contributed by atoms with van der Waals surface area (Å²) in [6.45, 7) is 4.23. The molecule has 3 rings (SSSR count). The third kappa shape index (κ3) is 3.85. The molecule has 0 unspecified atom stereocenters. The molecule has 0 atom stereocenters. The van der Waals surface area contributed by atoms with Crippen LogP contribution in [0.15, 0.2) is 42.6 Å². The van der Waals surface area contributed by atoms with Crippen LogP contribution < -0.4 is 27.6 Å². The first-order valence-corrected chi connectivity index (χ1v) is 8.64. The summed E-state index contributed by atoms with van der Waals surface area (Å²) in [4.78, 5) is 8.80. The molecule has 0 fully saturated rings. The molecule has 0 aliphatic rings. The number of nitrogens with one attached hydrogen (secondary N) is 1. The highest BCUT2D eigenvalue weighted by atomic mass is 15.4. The molecule has 0 aliphatic heterocycles. The summed E-state index contributed by atoms with van der Waals surface area (Å²) in [5.74, 6) is 6.67. The Hall–Kier alpha value is -3.68. The fourth-order valence-electron chi connectivity index (χ4n) is 2.64. The zero-order valence-electron chi connectivity index (χ0n) is 15.7. The number of hydrogen-bond acceptors (Lipinski definition) is 9. The van der Waals surface area contributed by atoms with Crippen LogP contribution in [-0.4, -0.2) is 32.3 Å². The molecule has 0 amide bonds. The van der Waals surface area contributed by atoms with Crippen LogP contribution in [0.5, 0.6) is 0 Å². The summed E-state index contributed by atoms with van der Waals surface area (Å²) in [5, 5.41) is 18.9. The molecule has 7 N–H and O–H groups in total. The van der Waals surface area contributed by atoms with E-state index >= 15 is 0 Å². The van der Waals surface area contributed by atoms with E-state index in [4.69, 9.17) is 22.6 Å². The predicted octanol–water partition coefficient (Wildman–Crippen LogP) is 0.946. The van der Waals surface area contributed by atoms with Crippen LogP contribution in [0.2, 0.25) is 0 Å². The second-order valence-electron chi connectivity index (χ2n) is 6.48. The molecule has 0 radical (unpaired) electrons. The number of hydrogen-bond donors (Lipinski definition) is 4. The summed E-state index contributed by atoms with van der Waals surface area (Å²) < 4.78 is 1.61. The number of nitriles is 1. The molecule has 0 saturated carbocycles. The van der Waals surface area contributed by atoms with Crippen LogP contribution in [-0.2, 0) is 0 Å². The van der Waals surface area contributed by atoms with Crippen LogP contribution in [0.3, 0.4) is 0 Å². The third-order valence-electron chi connectivity index (χ3n) is 3.89. The third-order valence-corrected chi connectivity index (χ3v) is 3.89. The van der Waals surface area contributed by atoms with Gasteiger partial charge in [0.05, 0.1) is 29.3 Å². The van der Waals surface area contributed by atoms with Crippen molar-refractivity contribution in [1.82, 2.24) is 19.7 Å². The maximum atomic E-state index is 9.03. The van der Waals surface area contributed by atoms with E-state index in [0.29, 0.717) is 28.4 Å². The standard InChI is InChI=1S/C18H22N10/c1-11(2)26-15-4-17(23-9-16(15)27(22)10-14(21)6-20)28-18-13(8-25-28)3-12(5-19)7-24-18/h3-4,7-11H,6,20-22H2,1-2H3,(H,23,26)/b14-10-. The van der Waals surface area contributed by atoms with Gasteiger partial charge in [-0.2, -0.15) is 15.0 Å². The predicted molar refractivity (Wildman–Crippen MR) is 108 cm³/mol. The Labute approximate surface area is 162 Å². The van der Waals surface area contributed by atoms with E-state index in [9.17, 15) is 0 Å². The maximum Gasteiger partial charge on any atom is 0.164 e. The van der Waals surface area contributed by atoms with E-state index in [2.05, 4.69) is 26.5 Å². The molecule has 0 spiro atoms. The van der Waals surface area contributed by atoms with Crippen LogP contribution in [0.1, 0.15) is 19.4 Å². The van der Waals surface area contributed by atoms with Gasteiger partial charge >= 0.3 is 0 Å². The number of nitrogens with two attached hydrogens (primary N) is 3. The number of aromatic nitrogens is 4. The average molecular weight is 378 g/mol. The fourth-order valence-corrected chi connectivity index (χ4v) is 2.64. The van der Waals surface area contributed by atoms with Gasteiger partial charge in [-0.1, -0.05) is 0 Å². The summed E-state index contributed by atoms with van der Waals surface area (Å²) in [6, 6.07) is 5.79. The summed E-state index contributed by atoms with van der Waals surface area (Å²) in [5.41, 5.74) is 14.2. The second-order valence-corrected chi connectivity index (χ2v) is 6.48. The Morgan fingerprint density at radius 1 is 1.32 bits per heavy atom. The van der Waals surface area contributed by atoms with Gasteiger partial charge in [0, 0.05) is 42.1 Å². The lowest BCUT2D eigenvalue weighted by Crippen LogP contribution is -2.29. The summed E-state index contributed by atoms with van der Waals surface area (Å²) >= 11 is 0. The van der Waals surface area contributed by atoms with Gasteiger partial charge in [0.1, 0.15) is 6.07 Å². The van der Waals surface area contributed by atoms with Gasteiger partial charge in [-0.05, 0) is 19.9 Å². The molecule has 0 aromatic carbocycles. The van der Waals surface area contributed by atoms with Crippen molar-refractivity contribution in [1.29, 1.82) is 5.26 Å². The van der Waals surface area contributed by atoms with Gasteiger partial charge in [-0.25, -0.2) is 15.8 Å². The molecule has 3 aromatic rings. The lowest BCUT2D eigenvalue weighted by Gasteiger charge is -2.21. The zero-order chi connectivity index (χ0) is 20.3. The Balaban J connectivity index is 2.07. The Bertz CT molecular complexity index is 1060. The molecule has 28 heavy (non-hydrogen) atoms. The van der Waals surface area contributed by atoms with E-state index in [1.807, 2.05) is 19.9 Å². The van der Waals surface area contributed by atoms with E-state index in [0.717, 1.165) is 11.1 Å². The van der Waals surface area contributed by atoms with Gasteiger partial charge in [-0.15, -0.1) is 0 Å². The first-order chi connectivity index (χ1) is 13.4. The largest absolute Gasteiger partial charge is 0.400 e. The van der Waals surface area contributed by atoms with E-state index in [1.54, 1.807) is 29.3 Å². The summed E-state index contributed by atoms with van der Waals surface area (Å²) in [7, 11) is 0. The molecular formula is C18H22N10. The molecular weight excluding hydrogens is 356 g/mol. The minimum absolute atomic E-state index is 0.156. The molecule has 144 valence electrons. The van der Waals surface area contributed by atoms with Crippen molar-refractivity contribution < 1.29 is 0 Å². The van der Waals surface area contributed by atoms with Crippen molar-refractivity contribution in [3.8, 4) is 11.9 Å². The van der Waals surface area contributed by atoms with Gasteiger partial charge in [-0.3, -0.25) is 5.01 Å². The highest BCUT2D eigenvalue weighted by Crippen LogP contribution is 2.27. The fraction of sp³-hybridized carbons (Fsp3) is 0.222. The van der Waals surface area contributed by atoms with Gasteiger partial charge < -0.3 is 16.8 Å². The van der Waals surface area contributed by atoms with Crippen molar-refractivity contribution in [3.05, 3.63) is 48.2 Å². The Kier molecular flexibility index (Phi) is 5.39. The van der Waals surface area contributed by atoms with Crippen molar-refractivity contribution in [2.24, 2.45) is 17.3 Å². The van der Waals surface area contributed by atoms with E-state index < -0.39 is 0 Å². The first kappa shape index (κ1) is 19.1. The topological polar surface area (TPSA) is 161 Å². The molecule has 0 aliphatic carbocycles. The van der Waals surface area contributed by atoms with Crippen molar-refractivity contribution in [2.45, 2.75) is 19.9 Å². The Morgan fingerprint density at radius 2 is 2.11 bits per heavy atom. The quantitative estimate of drug-likeness (QED) is 0.361. The average Bonchev–Trinajstić information content (AvgIpc) is 3.10. The maximum absolute atomic E-state index is 9.03. The van der Waals surface area contributed by atoms with Crippen LogP contribution in [0.4, 0.5) is 11.4 Å². The van der Waals surface area contributed by atoms with Gasteiger partial charge in [0.25, 0.3) is 0 Å². The first-order valence-electron chi connectivity index (χ1n) is 8.64. The number of hydrazine groups is 1. The number of rotatable bonds is 6. The lowest BCUT2D eigenvalue weighted by atomic mass is 10.2. The van der Waals surface area contributed by atoms with Gasteiger partial charge in [0.15, 0.2) is 11.5 Å². The molecule has 0 bridgehead atoms. The SMILES string of the molecule is CC(C)Nc1cc(-n2ncc3cc(C#N)cnc32)ncc1N(N)/C=C(\N)CN. The smallest absolute Gasteiger partial charge is 0.164 e. The highest BCUT2D eigenvalue weighted by molar-refractivity contribution is 5.78. The molecule has 0 saturated heterocycles. The normalized spacial score (nSPS) is 11.6. The van der Waals surface area contributed by atoms with Crippen LogP contribution in [0.25, 0.3) is 16.9 Å². The van der Waals surface area contributed by atoms with E-state index in [1.165, 1.54) is 11.2 Å². The Morgan fingerprint density at radius 3 is 2.79 bits per heavy atom. The van der Waals surface area contributed by atoms with Crippen molar-refractivity contribution in [2.75, 3.05) is 16.9 Å². The van der Waals surface area contributed by atoms with Gasteiger partial charge in [0.2, 0.25) is 0 Å². The number of pyridine rings is 2. The molecule has 3 heterocycles. The van der Waals surface area contributed by atoms with Crippen molar-refractivity contribution >= 4 is 22.4 Å². The highest BCUT2D eigenvalue weighted by Gasteiger charge is 2.14. The molecule has 10 heteroatoms. The number of anilines is 2. The monoisotopic (exact) mass is 378 g/mol. The van der Waals surface area contributed by atoms with Crippen molar-refractivity contribution in [3.63, 3.8) is 0 Å². The molecule has 10 nitrogen and oxygen atoms in total. The minimum Gasteiger partial charge on any atom is -0.400 e. The van der Waals surface area contributed by atoms with Crippen LogP contribution in [0, 0.1) is 11.3 Å². The number of fused-ring (bicyclic) bond motifs is 1. The summed E-state index contributed by atoms with van der Waals surface area (Å²) in [6.07, 6.45) is 6.33. The van der Waals surface area contributed by atoms with E-state index in [-0.39, 0.29) is 12.6 Å². The lowest BCUT2D eigenvalue weighted by molar-refractivity contribution is 0.854. The minimum atomic E-state index is 0.156. The second kappa shape index (κ2) is 7.91. The zero-order valence-corrected chi connectivity index (χ0v) is 15.7.